The molecule has 0 aromatic carbocycles. The summed E-state index contributed by atoms with van der Waals surface area (Å²) in [5.41, 5.74) is 0. The van der Waals surface area contributed by atoms with E-state index in [-0.39, 0.29) is 15.8 Å². The van der Waals surface area contributed by atoms with Gasteiger partial charge in [-0.15, -0.1) is 11.3 Å². The summed E-state index contributed by atoms with van der Waals surface area (Å²) < 4.78 is 25.3. The summed E-state index contributed by atoms with van der Waals surface area (Å²) in [6, 6.07) is 0.945. The number of sulfonamides is 1. The fourth-order valence-corrected chi connectivity index (χ4v) is 3.42. The third-order valence-electron chi connectivity index (χ3n) is 2.56. The maximum atomic E-state index is 12.2. The molecule has 2 N–H and O–H groups in total. The number of carboxylic acid groups (broad SMARTS) is 1. The topological polar surface area (TPSA) is 104 Å². The smallest absolute Gasteiger partial charge is 0.323 e. The predicted molar refractivity (Wildman–Crippen MR) is 74.4 cm³/mol. The molecule has 0 bridgehead atoms. The standard InChI is InChI=1S/C11H16N2O5S2/c1-7(2)13(5-10(14)15)11(16)9-4-8(6-19-9)20(17,18)12-3/h4,6-7,12H,5H2,1-3H3,(H,14,15). The zero-order chi connectivity index (χ0) is 15.5. The molecule has 0 radical (unpaired) electrons. The predicted octanol–water partition coefficient (Wildman–Crippen LogP) is 0.591. The zero-order valence-corrected chi connectivity index (χ0v) is 12.9. The van der Waals surface area contributed by atoms with E-state index in [4.69, 9.17) is 5.11 Å². The van der Waals surface area contributed by atoms with E-state index in [0.717, 1.165) is 11.3 Å². The van der Waals surface area contributed by atoms with Crippen LogP contribution in [0.2, 0.25) is 0 Å². The second kappa shape index (κ2) is 6.33. The van der Waals surface area contributed by atoms with Crippen molar-refractivity contribution in [2.45, 2.75) is 24.8 Å². The maximum Gasteiger partial charge on any atom is 0.323 e. The molecular formula is C11H16N2O5S2. The highest BCUT2D eigenvalue weighted by Gasteiger charge is 2.24. The van der Waals surface area contributed by atoms with Crippen LogP contribution in [0.4, 0.5) is 0 Å². The van der Waals surface area contributed by atoms with Gasteiger partial charge in [0.1, 0.15) is 6.54 Å². The molecule has 9 heteroatoms. The number of rotatable bonds is 6. The van der Waals surface area contributed by atoms with Gasteiger partial charge < -0.3 is 10.0 Å². The summed E-state index contributed by atoms with van der Waals surface area (Å²) in [5.74, 6) is -1.61. The summed E-state index contributed by atoms with van der Waals surface area (Å²) in [5, 5.41) is 10.2. The zero-order valence-electron chi connectivity index (χ0n) is 11.3. The van der Waals surface area contributed by atoms with Crippen LogP contribution in [0.25, 0.3) is 0 Å². The van der Waals surface area contributed by atoms with Crippen LogP contribution in [-0.2, 0) is 14.8 Å². The summed E-state index contributed by atoms with van der Waals surface area (Å²) in [4.78, 5) is 24.3. The Labute approximate surface area is 121 Å². The maximum absolute atomic E-state index is 12.2. The van der Waals surface area contributed by atoms with Gasteiger partial charge in [0.25, 0.3) is 5.91 Å². The average Bonchev–Trinajstić information content (AvgIpc) is 2.84. The monoisotopic (exact) mass is 320 g/mol. The Morgan fingerprint density at radius 1 is 1.45 bits per heavy atom. The number of carbonyl (C=O) groups excluding carboxylic acids is 1. The quantitative estimate of drug-likeness (QED) is 0.798. The lowest BCUT2D eigenvalue weighted by atomic mass is 10.3. The molecule has 1 aromatic rings. The molecule has 0 aliphatic heterocycles. The summed E-state index contributed by atoms with van der Waals surface area (Å²) >= 11 is 0.969. The molecule has 1 heterocycles. The first-order valence-electron chi connectivity index (χ1n) is 5.74. The largest absolute Gasteiger partial charge is 0.480 e. The molecule has 0 unspecified atom stereocenters. The number of nitrogens with one attached hydrogen (secondary N) is 1. The fraction of sp³-hybridized carbons (Fsp3) is 0.455. The van der Waals surface area contributed by atoms with Crippen LogP contribution in [0.3, 0.4) is 0 Å². The number of carboxylic acids is 1. The van der Waals surface area contributed by atoms with Gasteiger partial charge in [0.15, 0.2) is 0 Å². The van der Waals surface area contributed by atoms with E-state index in [2.05, 4.69) is 4.72 Å². The molecule has 0 saturated carbocycles. The Hall–Kier alpha value is -1.45. The highest BCUT2D eigenvalue weighted by atomic mass is 32.2. The van der Waals surface area contributed by atoms with E-state index in [1.165, 1.54) is 23.4 Å². The van der Waals surface area contributed by atoms with Gasteiger partial charge in [-0.05, 0) is 27.0 Å². The molecule has 0 spiro atoms. The van der Waals surface area contributed by atoms with Gasteiger partial charge in [0.2, 0.25) is 10.0 Å². The second-order valence-corrected chi connectivity index (χ2v) is 7.07. The van der Waals surface area contributed by atoms with Gasteiger partial charge >= 0.3 is 5.97 Å². The van der Waals surface area contributed by atoms with Crippen LogP contribution < -0.4 is 4.72 Å². The Morgan fingerprint density at radius 2 is 2.05 bits per heavy atom. The fourth-order valence-electron chi connectivity index (χ4n) is 1.47. The van der Waals surface area contributed by atoms with Crippen molar-refractivity contribution in [1.29, 1.82) is 0 Å². The molecule has 0 fully saturated rings. The van der Waals surface area contributed by atoms with Crippen molar-refractivity contribution in [1.82, 2.24) is 9.62 Å². The normalized spacial score (nSPS) is 11.6. The Bertz CT molecular complexity index is 606. The van der Waals surface area contributed by atoms with Gasteiger partial charge in [-0.25, -0.2) is 13.1 Å². The van der Waals surface area contributed by atoms with Gasteiger partial charge in [0, 0.05) is 11.4 Å². The first-order valence-corrected chi connectivity index (χ1v) is 8.10. The van der Waals surface area contributed by atoms with Crippen LogP contribution in [0.15, 0.2) is 16.3 Å². The van der Waals surface area contributed by atoms with Crippen molar-refractivity contribution >= 4 is 33.2 Å². The van der Waals surface area contributed by atoms with Crippen LogP contribution in [0.5, 0.6) is 0 Å². The van der Waals surface area contributed by atoms with E-state index in [0.29, 0.717) is 0 Å². The minimum Gasteiger partial charge on any atom is -0.480 e. The number of thiophene rings is 1. The second-order valence-electron chi connectivity index (χ2n) is 4.27. The van der Waals surface area contributed by atoms with E-state index in [1.54, 1.807) is 13.8 Å². The van der Waals surface area contributed by atoms with Crippen LogP contribution in [0.1, 0.15) is 23.5 Å². The lowest BCUT2D eigenvalue weighted by molar-refractivity contribution is -0.138. The van der Waals surface area contributed by atoms with Crippen molar-refractivity contribution in [3.8, 4) is 0 Å². The molecular weight excluding hydrogens is 304 g/mol. The lowest BCUT2D eigenvalue weighted by Gasteiger charge is -2.24. The molecule has 112 valence electrons. The third kappa shape index (κ3) is 3.78. The Balaban J connectivity index is 3.05. The number of aliphatic carboxylic acids is 1. The SMILES string of the molecule is CNS(=O)(=O)c1csc(C(=O)N(CC(=O)O)C(C)C)c1. The third-order valence-corrected chi connectivity index (χ3v) is 5.02. The highest BCUT2D eigenvalue weighted by molar-refractivity contribution is 7.89. The molecule has 0 aliphatic carbocycles. The molecule has 1 aromatic heterocycles. The van der Waals surface area contributed by atoms with Gasteiger partial charge in [-0.2, -0.15) is 0 Å². The minimum absolute atomic E-state index is 0.00705. The first-order chi connectivity index (χ1) is 9.19. The molecule has 1 rings (SSSR count). The van der Waals surface area contributed by atoms with E-state index >= 15 is 0 Å². The van der Waals surface area contributed by atoms with Crippen molar-refractivity contribution in [2.24, 2.45) is 0 Å². The Morgan fingerprint density at radius 3 is 2.50 bits per heavy atom. The van der Waals surface area contributed by atoms with Crippen molar-refractivity contribution in [3.63, 3.8) is 0 Å². The first kappa shape index (κ1) is 16.6. The number of hydrogen-bond acceptors (Lipinski definition) is 5. The van der Waals surface area contributed by atoms with Gasteiger partial charge in [0.05, 0.1) is 9.77 Å². The number of carbonyl (C=O) groups is 2. The molecule has 0 atom stereocenters. The summed E-state index contributed by atoms with van der Waals surface area (Å²) in [6.45, 7) is 2.96. The number of nitrogens with zero attached hydrogens (tertiary/aromatic N) is 1. The van der Waals surface area contributed by atoms with Crippen molar-refractivity contribution in [3.05, 3.63) is 16.3 Å². The van der Waals surface area contributed by atoms with Crippen LogP contribution >= 0.6 is 11.3 Å². The van der Waals surface area contributed by atoms with Gasteiger partial charge in [-0.3, -0.25) is 9.59 Å². The van der Waals surface area contributed by atoms with E-state index in [1.807, 2.05) is 0 Å². The number of amides is 1. The molecule has 20 heavy (non-hydrogen) atoms. The minimum atomic E-state index is -3.61. The van der Waals surface area contributed by atoms with E-state index < -0.39 is 28.4 Å². The molecule has 0 aliphatic rings. The summed E-state index contributed by atoms with van der Waals surface area (Å²) in [7, 11) is -2.33. The van der Waals surface area contributed by atoms with Crippen molar-refractivity contribution in [2.75, 3.05) is 13.6 Å². The van der Waals surface area contributed by atoms with Crippen molar-refractivity contribution < 1.29 is 23.1 Å². The molecule has 0 saturated heterocycles. The highest BCUT2D eigenvalue weighted by Crippen LogP contribution is 2.21. The van der Waals surface area contributed by atoms with Crippen LogP contribution in [-0.4, -0.2) is 49.9 Å². The lowest BCUT2D eigenvalue weighted by Crippen LogP contribution is -2.40. The molecule has 7 nitrogen and oxygen atoms in total. The van der Waals surface area contributed by atoms with Crippen LogP contribution in [0, 0.1) is 0 Å². The van der Waals surface area contributed by atoms with Gasteiger partial charge in [-0.1, -0.05) is 0 Å². The molecule has 1 amide bonds. The average molecular weight is 320 g/mol. The summed E-state index contributed by atoms with van der Waals surface area (Å²) in [6.07, 6.45) is 0. The van der Waals surface area contributed by atoms with E-state index in [9.17, 15) is 18.0 Å². The number of hydrogen-bond donors (Lipinski definition) is 2. The Kier molecular flexibility index (Phi) is 5.26.